The van der Waals surface area contributed by atoms with E-state index in [1.165, 1.54) is 0 Å². The number of hydrogen-bond acceptors (Lipinski definition) is 3. The third-order valence-corrected chi connectivity index (χ3v) is 2.51. The van der Waals surface area contributed by atoms with Crippen LogP contribution in [-0.2, 0) is 0 Å². The van der Waals surface area contributed by atoms with Gasteiger partial charge in [0, 0.05) is 16.0 Å². The lowest BCUT2D eigenvalue weighted by molar-refractivity contribution is 0.241. The first-order chi connectivity index (χ1) is 6.93. The molecule has 82 valence electrons. The first-order valence-corrected chi connectivity index (χ1v) is 5.13. The van der Waals surface area contributed by atoms with Crippen LogP contribution in [0, 0.1) is 6.92 Å². The van der Waals surface area contributed by atoms with Crippen molar-refractivity contribution in [1.82, 2.24) is 0 Å². The Morgan fingerprint density at radius 2 is 1.93 bits per heavy atom. The lowest BCUT2D eigenvalue weighted by Gasteiger charge is -2.15. The molecule has 0 aliphatic rings. The Labute approximate surface area is 94.8 Å². The van der Waals surface area contributed by atoms with Crippen LogP contribution in [0.3, 0.4) is 0 Å². The van der Waals surface area contributed by atoms with Crippen LogP contribution in [-0.4, -0.2) is 23.3 Å². The molecule has 15 heavy (non-hydrogen) atoms. The minimum absolute atomic E-state index is 0.0599. The Balaban J connectivity index is 3.10. The smallest absolute Gasteiger partial charge is 0.489 e. The summed E-state index contributed by atoms with van der Waals surface area (Å²) in [5, 5.41) is 18.4. The Morgan fingerprint density at radius 3 is 2.40 bits per heavy atom. The van der Waals surface area contributed by atoms with Crippen molar-refractivity contribution < 1.29 is 14.8 Å². The molecule has 1 rings (SSSR count). The molecule has 0 heterocycles. The predicted octanol–water partition coefficient (Wildman–Crippen LogP) is 1.12. The summed E-state index contributed by atoms with van der Waals surface area (Å²) in [5.74, 6) is 0.666. The first-order valence-electron chi connectivity index (χ1n) is 4.75. The van der Waals surface area contributed by atoms with E-state index in [1.54, 1.807) is 19.1 Å². The summed E-state index contributed by atoms with van der Waals surface area (Å²) in [7, 11) is -1.55. The summed E-state index contributed by atoms with van der Waals surface area (Å²) in [4.78, 5) is 0. The average molecular weight is 228 g/mol. The predicted molar refractivity (Wildman–Crippen MR) is 61.8 cm³/mol. The molecular formula is C10H14BClO3. The van der Waals surface area contributed by atoms with E-state index in [0.29, 0.717) is 16.2 Å². The van der Waals surface area contributed by atoms with Gasteiger partial charge in [0.2, 0.25) is 0 Å². The fraction of sp³-hybridized carbons (Fsp3) is 0.400. The van der Waals surface area contributed by atoms with Crippen LogP contribution in [0.15, 0.2) is 12.1 Å². The van der Waals surface area contributed by atoms with Crippen molar-refractivity contribution in [3.8, 4) is 5.75 Å². The van der Waals surface area contributed by atoms with Crippen molar-refractivity contribution >= 4 is 24.2 Å². The Bertz CT molecular complexity index is 353. The van der Waals surface area contributed by atoms with Gasteiger partial charge in [-0.2, -0.15) is 0 Å². The van der Waals surface area contributed by atoms with Crippen molar-refractivity contribution in [2.75, 3.05) is 0 Å². The van der Waals surface area contributed by atoms with E-state index in [0.717, 1.165) is 5.56 Å². The van der Waals surface area contributed by atoms with Gasteiger partial charge in [-0.15, -0.1) is 0 Å². The summed E-state index contributed by atoms with van der Waals surface area (Å²) in [5.41, 5.74) is 1.02. The highest BCUT2D eigenvalue weighted by Gasteiger charge is 2.18. The molecule has 5 heteroatoms. The summed E-state index contributed by atoms with van der Waals surface area (Å²) < 4.78 is 5.51. The molecule has 0 amide bonds. The maximum absolute atomic E-state index is 9.03. The van der Waals surface area contributed by atoms with Crippen LogP contribution in [0.5, 0.6) is 5.75 Å². The van der Waals surface area contributed by atoms with E-state index in [-0.39, 0.29) is 6.10 Å². The molecule has 0 aliphatic carbocycles. The van der Waals surface area contributed by atoms with Gasteiger partial charge in [0.1, 0.15) is 5.75 Å². The minimum atomic E-state index is -1.55. The molecule has 0 fully saturated rings. The van der Waals surface area contributed by atoms with Crippen molar-refractivity contribution in [1.29, 1.82) is 0 Å². The molecule has 1 aromatic rings. The Morgan fingerprint density at radius 1 is 1.33 bits per heavy atom. The van der Waals surface area contributed by atoms with Crippen molar-refractivity contribution in [2.45, 2.75) is 26.9 Å². The Hall–Kier alpha value is -0.705. The second kappa shape index (κ2) is 4.88. The monoisotopic (exact) mass is 228 g/mol. The van der Waals surface area contributed by atoms with Crippen LogP contribution in [0.2, 0.25) is 5.02 Å². The van der Waals surface area contributed by atoms with Gasteiger partial charge in [-0.05, 0) is 26.8 Å². The van der Waals surface area contributed by atoms with Gasteiger partial charge >= 0.3 is 7.12 Å². The number of hydrogen-bond donors (Lipinski definition) is 2. The Kier molecular flexibility index (Phi) is 4.02. The van der Waals surface area contributed by atoms with E-state index < -0.39 is 7.12 Å². The summed E-state index contributed by atoms with van der Waals surface area (Å²) in [6, 6.07) is 3.24. The van der Waals surface area contributed by atoms with Gasteiger partial charge < -0.3 is 14.8 Å². The maximum Gasteiger partial charge on any atom is 0.489 e. The van der Waals surface area contributed by atoms with E-state index in [9.17, 15) is 0 Å². The normalized spacial score (nSPS) is 10.6. The van der Waals surface area contributed by atoms with Gasteiger partial charge in [-0.1, -0.05) is 17.7 Å². The van der Waals surface area contributed by atoms with E-state index in [4.69, 9.17) is 26.4 Å². The topological polar surface area (TPSA) is 49.7 Å². The molecule has 0 bridgehead atoms. The second-order valence-corrected chi connectivity index (χ2v) is 4.01. The molecule has 0 unspecified atom stereocenters. The molecule has 0 spiro atoms. The molecule has 0 radical (unpaired) electrons. The zero-order chi connectivity index (χ0) is 11.6. The minimum Gasteiger partial charge on any atom is -0.491 e. The maximum atomic E-state index is 9.03. The number of rotatable bonds is 3. The largest absolute Gasteiger partial charge is 0.491 e. The molecule has 0 aliphatic heterocycles. The highest BCUT2D eigenvalue weighted by atomic mass is 35.5. The van der Waals surface area contributed by atoms with E-state index in [2.05, 4.69) is 0 Å². The molecule has 1 aromatic carbocycles. The summed E-state index contributed by atoms with van der Waals surface area (Å²) in [6.07, 6.45) is 0.0599. The molecular weight excluding hydrogens is 214 g/mol. The molecule has 3 nitrogen and oxygen atoms in total. The quantitative estimate of drug-likeness (QED) is 0.762. The number of ether oxygens (including phenoxy) is 1. The first kappa shape index (κ1) is 12.4. The molecule has 0 aromatic heterocycles. The SMILES string of the molecule is Cc1c(OC(C)C)ccc(B(O)O)c1Cl. The van der Waals surface area contributed by atoms with Crippen molar-refractivity contribution in [3.05, 3.63) is 22.7 Å². The fourth-order valence-corrected chi connectivity index (χ4v) is 1.52. The molecule has 2 N–H and O–H groups in total. The van der Waals surface area contributed by atoms with Gasteiger partial charge in [0.25, 0.3) is 0 Å². The fourth-order valence-electron chi connectivity index (χ4n) is 1.27. The number of benzene rings is 1. The van der Waals surface area contributed by atoms with Crippen LogP contribution in [0.4, 0.5) is 0 Å². The van der Waals surface area contributed by atoms with Gasteiger partial charge in [-0.3, -0.25) is 0 Å². The third-order valence-electron chi connectivity index (χ3n) is 2.01. The summed E-state index contributed by atoms with van der Waals surface area (Å²) in [6.45, 7) is 5.62. The van der Waals surface area contributed by atoms with Crippen molar-refractivity contribution in [3.63, 3.8) is 0 Å². The van der Waals surface area contributed by atoms with Crippen LogP contribution in [0.25, 0.3) is 0 Å². The molecule has 0 atom stereocenters. The van der Waals surface area contributed by atoms with Crippen molar-refractivity contribution in [2.24, 2.45) is 0 Å². The van der Waals surface area contributed by atoms with Crippen LogP contribution < -0.4 is 10.2 Å². The highest BCUT2D eigenvalue weighted by Crippen LogP contribution is 2.24. The zero-order valence-corrected chi connectivity index (χ0v) is 9.75. The third kappa shape index (κ3) is 2.87. The van der Waals surface area contributed by atoms with E-state index >= 15 is 0 Å². The lowest BCUT2D eigenvalue weighted by atomic mass is 9.79. The lowest BCUT2D eigenvalue weighted by Crippen LogP contribution is -2.31. The van der Waals surface area contributed by atoms with Crippen LogP contribution in [0.1, 0.15) is 19.4 Å². The second-order valence-electron chi connectivity index (χ2n) is 3.63. The van der Waals surface area contributed by atoms with Gasteiger partial charge in [-0.25, -0.2) is 0 Å². The molecule has 0 saturated carbocycles. The zero-order valence-electron chi connectivity index (χ0n) is 8.99. The van der Waals surface area contributed by atoms with Gasteiger partial charge in [0.15, 0.2) is 0 Å². The van der Waals surface area contributed by atoms with E-state index in [1.807, 2.05) is 13.8 Å². The summed E-state index contributed by atoms with van der Waals surface area (Å²) >= 11 is 5.98. The molecule has 0 saturated heterocycles. The standard InChI is InChI=1S/C10H14BClO3/c1-6(2)15-9-5-4-8(11(13)14)10(12)7(9)3/h4-6,13-14H,1-3H3. The van der Waals surface area contributed by atoms with Crippen LogP contribution >= 0.6 is 11.6 Å². The van der Waals surface area contributed by atoms with Gasteiger partial charge in [0.05, 0.1) is 6.10 Å². The average Bonchev–Trinajstić information content (AvgIpc) is 2.12. The highest BCUT2D eigenvalue weighted by molar-refractivity contribution is 6.62. The number of halogens is 1.